The average Bonchev–Trinajstić information content (AvgIpc) is 2.26. The normalized spacial score (nSPS) is 12.2. The molecule has 1 heterocycles. The van der Waals surface area contributed by atoms with Gasteiger partial charge < -0.3 is 15.7 Å². The minimum absolute atomic E-state index is 0.160. The Bertz CT molecular complexity index is 349. The molecule has 0 amide bonds. The minimum Gasteiger partial charge on any atom is -0.396 e. The van der Waals surface area contributed by atoms with Gasteiger partial charge in [0.15, 0.2) is 0 Å². The highest BCUT2D eigenvalue weighted by Crippen LogP contribution is 2.11. The average molecular weight is 260 g/mol. The standard InChI is InChI=1S/C10H18ClN5O/c1-3-12-9-14-8(11)15-10(16-9)13-7(2)5-4-6-17/h7,17H,3-6H2,1-2H3,(H2,12,13,14,15,16). The van der Waals surface area contributed by atoms with E-state index < -0.39 is 0 Å². The number of halogens is 1. The summed E-state index contributed by atoms with van der Waals surface area (Å²) >= 11 is 5.79. The molecule has 96 valence electrons. The lowest BCUT2D eigenvalue weighted by molar-refractivity contribution is 0.282. The van der Waals surface area contributed by atoms with Crippen molar-refractivity contribution in [1.29, 1.82) is 0 Å². The van der Waals surface area contributed by atoms with Gasteiger partial charge in [0.1, 0.15) is 0 Å². The molecule has 0 radical (unpaired) electrons. The van der Waals surface area contributed by atoms with Crippen molar-refractivity contribution in [3.05, 3.63) is 5.28 Å². The summed E-state index contributed by atoms with van der Waals surface area (Å²) < 4.78 is 0. The second-order valence-electron chi connectivity index (χ2n) is 3.69. The van der Waals surface area contributed by atoms with Gasteiger partial charge in [0.05, 0.1) is 0 Å². The molecule has 1 rings (SSSR count). The van der Waals surface area contributed by atoms with Crippen LogP contribution >= 0.6 is 11.6 Å². The van der Waals surface area contributed by atoms with Crippen molar-refractivity contribution < 1.29 is 5.11 Å². The van der Waals surface area contributed by atoms with Crippen LogP contribution in [0.2, 0.25) is 5.28 Å². The van der Waals surface area contributed by atoms with Crippen molar-refractivity contribution in [1.82, 2.24) is 15.0 Å². The third-order valence-electron chi connectivity index (χ3n) is 2.11. The molecule has 0 fully saturated rings. The summed E-state index contributed by atoms with van der Waals surface area (Å²) in [5.74, 6) is 0.913. The molecule has 0 aliphatic heterocycles. The van der Waals surface area contributed by atoms with E-state index >= 15 is 0 Å². The maximum absolute atomic E-state index is 8.74. The molecule has 1 atom stereocenters. The summed E-state index contributed by atoms with van der Waals surface area (Å²) in [6.45, 7) is 4.86. The van der Waals surface area contributed by atoms with Crippen molar-refractivity contribution in [2.24, 2.45) is 0 Å². The Morgan fingerprint density at radius 3 is 2.65 bits per heavy atom. The third-order valence-corrected chi connectivity index (χ3v) is 2.28. The molecular weight excluding hydrogens is 242 g/mol. The number of hydrogen-bond donors (Lipinski definition) is 3. The van der Waals surface area contributed by atoms with Gasteiger partial charge in [0.25, 0.3) is 0 Å². The zero-order chi connectivity index (χ0) is 12.7. The molecule has 0 aliphatic rings. The molecule has 6 nitrogen and oxygen atoms in total. The van der Waals surface area contributed by atoms with Gasteiger partial charge in [-0.25, -0.2) is 0 Å². The van der Waals surface area contributed by atoms with Crippen molar-refractivity contribution >= 4 is 23.5 Å². The molecule has 0 saturated heterocycles. The molecule has 3 N–H and O–H groups in total. The smallest absolute Gasteiger partial charge is 0.229 e. The molecule has 1 aromatic heterocycles. The fourth-order valence-corrected chi connectivity index (χ4v) is 1.50. The molecule has 0 bridgehead atoms. The first-order valence-corrected chi connectivity index (χ1v) is 6.06. The molecule has 1 unspecified atom stereocenters. The molecular formula is C10H18ClN5O. The van der Waals surface area contributed by atoms with Crippen LogP contribution in [0.15, 0.2) is 0 Å². The Hall–Kier alpha value is -1.14. The van der Waals surface area contributed by atoms with Gasteiger partial charge in [0.2, 0.25) is 17.2 Å². The largest absolute Gasteiger partial charge is 0.396 e. The number of hydrogen-bond acceptors (Lipinski definition) is 6. The van der Waals surface area contributed by atoms with E-state index in [1.54, 1.807) is 0 Å². The monoisotopic (exact) mass is 259 g/mol. The fraction of sp³-hybridized carbons (Fsp3) is 0.700. The van der Waals surface area contributed by atoms with Gasteiger partial charge >= 0.3 is 0 Å². The quantitative estimate of drug-likeness (QED) is 0.689. The van der Waals surface area contributed by atoms with Crippen molar-refractivity contribution in [3.8, 4) is 0 Å². The number of aliphatic hydroxyl groups is 1. The predicted octanol–water partition coefficient (Wildman–Crippen LogP) is 1.53. The van der Waals surface area contributed by atoms with E-state index in [1.807, 2.05) is 13.8 Å². The van der Waals surface area contributed by atoms with Crippen LogP contribution in [-0.2, 0) is 0 Å². The van der Waals surface area contributed by atoms with Crippen LogP contribution < -0.4 is 10.6 Å². The van der Waals surface area contributed by atoms with Crippen LogP contribution in [0.3, 0.4) is 0 Å². The summed E-state index contributed by atoms with van der Waals surface area (Å²) in [6, 6.07) is 0.176. The first-order valence-electron chi connectivity index (χ1n) is 5.68. The lowest BCUT2D eigenvalue weighted by atomic mass is 10.2. The number of aromatic nitrogens is 3. The summed E-state index contributed by atoms with van der Waals surface area (Å²) in [4.78, 5) is 12.1. The molecule has 0 aromatic carbocycles. The highest BCUT2D eigenvalue weighted by molar-refractivity contribution is 6.28. The predicted molar refractivity (Wildman–Crippen MR) is 68.4 cm³/mol. The Kier molecular flexibility index (Phi) is 5.93. The zero-order valence-corrected chi connectivity index (χ0v) is 10.8. The van der Waals surface area contributed by atoms with E-state index in [1.165, 1.54) is 0 Å². The van der Waals surface area contributed by atoms with E-state index in [9.17, 15) is 0 Å². The maximum Gasteiger partial charge on any atom is 0.229 e. The van der Waals surface area contributed by atoms with E-state index in [0.29, 0.717) is 11.9 Å². The van der Waals surface area contributed by atoms with Gasteiger partial charge in [-0.15, -0.1) is 0 Å². The Balaban J connectivity index is 2.63. The number of rotatable bonds is 7. The van der Waals surface area contributed by atoms with E-state index in [4.69, 9.17) is 16.7 Å². The molecule has 0 saturated carbocycles. The van der Waals surface area contributed by atoms with Crippen LogP contribution in [0.1, 0.15) is 26.7 Å². The van der Waals surface area contributed by atoms with Gasteiger partial charge in [-0.05, 0) is 38.3 Å². The zero-order valence-electron chi connectivity index (χ0n) is 10.1. The summed E-state index contributed by atoms with van der Waals surface area (Å²) in [5.41, 5.74) is 0. The van der Waals surface area contributed by atoms with Gasteiger partial charge in [-0.2, -0.15) is 15.0 Å². The van der Waals surface area contributed by atoms with Gasteiger partial charge in [-0.1, -0.05) is 0 Å². The van der Waals surface area contributed by atoms with Crippen LogP contribution in [0.5, 0.6) is 0 Å². The summed E-state index contributed by atoms with van der Waals surface area (Å²) in [7, 11) is 0. The first kappa shape index (κ1) is 13.9. The number of aliphatic hydroxyl groups excluding tert-OH is 1. The molecule has 1 aromatic rings. The Morgan fingerprint density at radius 2 is 2.00 bits per heavy atom. The SMILES string of the molecule is CCNc1nc(Cl)nc(NC(C)CCCO)n1. The third kappa shape index (κ3) is 5.14. The summed E-state index contributed by atoms with van der Waals surface area (Å²) in [5, 5.41) is 15.0. The van der Waals surface area contributed by atoms with Crippen LogP contribution in [0, 0.1) is 0 Å². The highest BCUT2D eigenvalue weighted by atomic mass is 35.5. The first-order chi connectivity index (χ1) is 8.15. The fourth-order valence-electron chi connectivity index (χ4n) is 1.34. The number of nitrogens with one attached hydrogen (secondary N) is 2. The van der Waals surface area contributed by atoms with E-state index in [2.05, 4.69) is 25.6 Å². The van der Waals surface area contributed by atoms with Crippen molar-refractivity contribution in [2.75, 3.05) is 23.8 Å². The topological polar surface area (TPSA) is 83.0 Å². The minimum atomic E-state index is 0.160. The lowest BCUT2D eigenvalue weighted by Gasteiger charge is -2.13. The van der Waals surface area contributed by atoms with Crippen LogP contribution in [-0.4, -0.2) is 39.3 Å². The number of nitrogens with zero attached hydrogens (tertiary/aromatic N) is 3. The molecule has 17 heavy (non-hydrogen) atoms. The highest BCUT2D eigenvalue weighted by Gasteiger charge is 2.07. The summed E-state index contributed by atoms with van der Waals surface area (Å²) in [6.07, 6.45) is 1.59. The van der Waals surface area contributed by atoms with E-state index in [0.717, 1.165) is 19.4 Å². The van der Waals surface area contributed by atoms with Gasteiger partial charge in [0, 0.05) is 19.2 Å². The molecule has 0 aliphatic carbocycles. The Morgan fingerprint density at radius 1 is 1.29 bits per heavy atom. The van der Waals surface area contributed by atoms with E-state index in [-0.39, 0.29) is 17.9 Å². The molecule has 0 spiro atoms. The van der Waals surface area contributed by atoms with Crippen molar-refractivity contribution in [2.45, 2.75) is 32.7 Å². The lowest BCUT2D eigenvalue weighted by Crippen LogP contribution is -2.18. The van der Waals surface area contributed by atoms with Crippen LogP contribution in [0.4, 0.5) is 11.9 Å². The number of anilines is 2. The molecule has 7 heteroatoms. The van der Waals surface area contributed by atoms with Crippen molar-refractivity contribution in [3.63, 3.8) is 0 Å². The van der Waals surface area contributed by atoms with Gasteiger partial charge in [-0.3, -0.25) is 0 Å². The Labute approximate surface area is 106 Å². The second-order valence-corrected chi connectivity index (χ2v) is 4.03. The van der Waals surface area contributed by atoms with Crippen LogP contribution in [0.25, 0.3) is 0 Å². The second kappa shape index (κ2) is 7.24. The maximum atomic E-state index is 8.74.